The molecule has 6 heteroatoms. The summed E-state index contributed by atoms with van der Waals surface area (Å²) in [5.41, 5.74) is 7.75. The Labute approximate surface area is 121 Å². The average Bonchev–Trinajstić information content (AvgIpc) is 2.65. The molecule has 20 heavy (non-hydrogen) atoms. The Hall–Kier alpha value is -1.56. The van der Waals surface area contributed by atoms with Crippen molar-refractivity contribution < 1.29 is 4.79 Å². The fourth-order valence-electron chi connectivity index (χ4n) is 2.47. The van der Waals surface area contributed by atoms with E-state index in [1.165, 1.54) is 0 Å². The Bertz CT molecular complexity index is 466. The molecule has 1 amide bonds. The van der Waals surface area contributed by atoms with Crippen LogP contribution in [-0.4, -0.2) is 58.7 Å². The predicted molar refractivity (Wildman–Crippen MR) is 81.8 cm³/mol. The average molecular weight is 281 g/mol. The first-order chi connectivity index (χ1) is 9.33. The van der Waals surface area contributed by atoms with Gasteiger partial charge in [0.25, 0.3) is 5.91 Å². The van der Waals surface area contributed by atoms with Gasteiger partial charge in [0, 0.05) is 25.7 Å². The summed E-state index contributed by atoms with van der Waals surface area (Å²) in [7, 11) is 4.01. The minimum absolute atomic E-state index is 0.0400. The predicted octanol–water partition coefficient (Wildman–Crippen LogP) is 1.21. The topological polar surface area (TPSA) is 67.4 Å². The quantitative estimate of drug-likeness (QED) is 0.851. The minimum Gasteiger partial charge on any atom is -0.395 e. The smallest absolute Gasteiger partial charge is 0.274 e. The second-order valence-corrected chi connectivity index (χ2v) is 5.37. The van der Waals surface area contributed by atoms with Crippen molar-refractivity contribution in [2.75, 3.05) is 32.9 Å². The number of hydrogen-bond acceptors (Lipinski definition) is 4. The lowest BCUT2D eigenvalue weighted by Crippen LogP contribution is -2.44. The van der Waals surface area contributed by atoms with Crippen LogP contribution >= 0.6 is 0 Å². The summed E-state index contributed by atoms with van der Waals surface area (Å²) in [5.74, 6) is -0.0400. The number of anilines is 1. The van der Waals surface area contributed by atoms with Crippen molar-refractivity contribution in [2.24, 2.45) is 0 Å². The molecule has 0 spiro atoms. The van der Waals surface area contributed by atoms with Gasteiger partial charge in [-0.25, -0.2) is 0 Å². The van der Waals surface area contributed by atoms with Gasteiger partial charge >= 0.3 is 0 Å². The molecule has 0 saturated carbocycles. The van der Waals surface area contributed by atoms with E-state index in [9.17, 15) is 4.79 Å². The standard InChI is InChI=1S/C14H27N5O/c1-7-18(10(3)9-17(5)6)14(20)13-12(15)11(4)16-19(13)8-2/h10H,7-9,15H2,1-6H3. The van der Waals surface area contributed by atoms with Crippen LogP contribution in [0.5, 0.6) is 0 Å². The van der Waals surface area contributed by atoms with Crippen LogP contribution in [0.15, 0.2) is 0 Å². The number of nitrogens with zero attached hydrogens (tertiary/aromatic N) is 4. The second kappa shape index (κ2) is 6.74. The van der Waals surface area contributed by atoms with E-state index in [2.05, 4.69) is 16.9 Å². The molecule has 114 valence electrons. The first kappa shape index (κ1) is 16.5. The van der Waals surface area contributed by atoms with E-state index >= 15 is 0 Å². The van der Waals surface area contributed by atoms with Crippen LogP contribution in [0.2, 0.25) is 0 Å². The number of nitrogen functional groups attached to an aromatic ring is 1. The summed E-state index contributed by atoms with van der Waals surface area (Å²) < 4.78 is 1.69. The molecule has 1 rings (SSSR count). The van der Waals surface area contributed by atoms with Gasteiger partial charge in [0.15, 0.2) is 0 Å². The minimum atomic E-state index is -0.0400. The molecule has 1 unspecified atom stereocenters. The summed E-state index contributed by atoms with van der Waals surface area (Å²) in [6.07, 6.45) is 0. The van der Waals surface area contributed by atoms with E-state index in [0.29, 0.717) is 30.2 Å². The highest BCUT2D eigenvalue weighted by molar-refractivity contribution is 5.98. The Morgan fingerprint density at radius 3 is 2.45 bits per heavy atom. The zero-order valence-corrected chi connectivity index (χ0v) is 13.5. The monoisotopic (exact) mass is 281 g/mol. The maximum atomic E-state index is 12.8. The van der Waals surface area contributed by atoms with Gasteiger partial charge in [0.2, 0.25) is 0 Å². The number of hydrogen-bond donors (Lipinski definition) is 1. The van der Waals surface area contributed by atoms with Crippen molar-refractivity contribution in [2.45, 2.75) is 40.3 Å². The van der Waals surface area contributed by atoms with Gasteiger partial charge in [-0.15, -0.1) is 0 Å². The highest BCUT2D eigenvalue weighted by Crippen LogP contribution is 2.19. The van der Waals surface area contributed by atoms with Crippen LogP contribution in [0.25, 0.3) is 0 Å². The normalized spacial score (nSPS) is 12.8. The van der Waals surface area contributed by atoms with Crippen LogP contribution in [0.1, 0.15) is 37.0 Å². The number of nitrogens with two attached hydrogens (primary N) is 1. The molecule has 1 aromatic rings. The number of aryl methyl sites for hydroxylation is 2. The molecular formula is C14H27N5O. The van der Waals surface area contributed by atoms with Crippen LogP contribution in [0, 0.1) is 6.92 Å². The Balaban J connectivity index is 3.08. The Morgan fingerprint density at radius 2 is 2.00 bits per heavy atom. The number of amides is 1. The van der Waals surface area contributed by atoms with E-state index < -0.39 is 0 Å². The summed E-state index contributed by atoms with van der Waals surface area (Å²) in [4.78, 5) is 16.7. The van der Waals surface area contributed by atoms with Crippen molar-refractivity contribution in [3.05, 3.63) is 11.4 Å². The van der Waals surface area contributed by atoms with E-state index in [1.807, 2.05) is 39.8 Å². The van der Waals surface area contributed by atoms with Gasteiger partial charge in [0.1, 0.15) is 5.69 Å². The molecule has 1 atom stereocenters. The van der Waals surface area contributed by atoms with E-state index in [0.717, 1.165) is 6.54 Å². The van der Waals surface area contributed by atoms with Gasteiger partial charge in [-0.1, -0.05) is 0 Å². The molecule has 1 heterocycles. The molecule has 0 aliphatic rings. The number of carbonyl (C=O) groups excluding carboxylic acids is 1. The van der Waals surface area contributed by atoms with Crippen LogP contribution in [0.4, 0.5) is 5.69 Å². The molecule has 0 fully saturated rings. The summed E-state index contributed by atoms with van der Waals surface area (Å²) >= 11 is 0. The molecule has 0 saturated heterocycles. The lowest BCUT2D eigenvalue weighted by atomic mass is 10.2. The largest absolute Gasteiger partial charge is 0.395 e. The molecule has 2 N–H and O–H groups in total. The third kappa shape index (κ3) is 3.30. The van der Waals surface area contributed by atoms with Gasteiger partial charge in [-0.3, -0.25) is 9.48 Å². The van der Waals surface area contributed by atoms with Crippen LogP contribution < -0.4 is 5.73 Å². The Kier molecular flexibility index (Phi) is 5.56. The first-order valence-electron chi connectivity index (χ1n) is 7.11. The molecule has 6 nitrogen and oxygen atoms in total. The second-order valence-electron chi connectivity index (χ2n) is 5.37. The van der Waals surface area contributed by atoms with Crippen molar-refractivity contribution in [1.29, 1.82) is 0 Å². The summed E-state index contributed by atoms with van der Waals surface area (Å²) in [6.45, 7) is 9.94. The number of carbonyl (C=O) groups is 1. The van der Waals surface area contributed by atoms with Gasteiger partial charge in [-0.2, -0.15) is 5.10 Å². The fourth-order valence-corrected chi connectivity index (χ4v) is 2.47. The molecule has 0 bridgehead atoms. The SMILES string of the molecule is CCN(C(=O)c1c(N)c(C)nn1CC)C(C)CN(C)C. The molecule has 0 aromatic carbocycles. The van der Waals surface area contributed by atoms with Gasteiger partial charge in [-0.05, 0) is 41.8 Å². The highest BCUT2D eigenvalue weighted by Gasteiger charge is 2.26. The van der Waals surface area contributed by atoms with Gasteiger partial charge in [0.05, 0.1) is 11.4 Å². The third-order valence-corrected chi connectivity index (χ3v) is 3.44. The lowest BCUT2D eigenvalue weighted by Gasteiger charge is -2.30. The number of aromatic nitrogens is 2. The summed E-state index contributed by atoms with van der Waals surface area (Å²) in [6, 6.07) is 0.127. The van der Waals surface area contributed by atoms with Crippen molar-refractivity contribution in [3.63, 3.8) is 0 Å². The van der Waals surface area contributed by atoms with E-state index in [4.69, 9.17) is 5.73 Å². The van der Waals surface area contributed by atoms with E-state index in [1.54, 1.807) is 4.68 Å². The zero-order chi connectivity index (χ0) is 15.4. The van der Waals surface area contributed by atoms with Crippen LogP contribution in [-0.2, 0) is 6.54 Å². The van der Waals surface area contributed by atoms with Crippen molar-refractivity contribution in [3.8, 4) is 0 Å². The Morgan fingerprint density at radius 1 is 1.40 bits per heavy atom. The molecular weight excluding hydrogens is 254 g/mol. The van der Waals surface area contributed by atoms with Crippen molar-refractivity contribution in [1.82, 2.24) is 19.6 Å². The maximum absolute atomic E-state index is 12.8. The number of likely N-dealkylation sites (N-methyl/N-ethyl adjacent to an activating group) is 2. The first-order valence-corrected chi connectivity index (χ1v) is 7.11. The highest BCUT2D eigenvalue weighted by atomic mass is 16.2. The van der Waals surface area contributed by atoms with Gasteiger partial charge < -0.3 is 15.5 Å². The zero-order valence-electron chi connectivity index (χ0n) is 13.5. The fraction of sp³-hybridized carbons (Fsp3) is 0.714. The third-order valence-electron chi connectivity index (χ3n) is 3.44. The number of rotatable bonds is 6. The molecule has 0 radical (unpaired) electrons. The van der Waals surface area contributed by atoms with Crippen LogP contribution in [0.3, 0.4) is 0 Å². The molecule has 1 aromatic heterocycles. The molecule has 0 aliphatic carbocycles. The summed E-state index contributed by atoms with van der Waals surface area (Å²) in [5, 5.41) is 4.32. The molecule has 0 aliphatic heterocycles. The van der Waals surface area contributed by atoms with E-state index in [-0.39, 0.29) is 11.9 Å². The lowest BCUT2D eigenvalue weighted by molar-refractivity contribution is 0.0667. The van der Waals surface area contributed by atoms with Crippen molar-refractivity contribution >= 4 is 11.6 Å². The maximum Gasteiger partial charge on any atom is 0.274 e.